The lowest BCUT2D eigenvalue weighted by atomic mass is 10.1. The zero-order valence-electron chi connectivity index (χ0n) is 11.4. The molecule has 1 N–H and O–H groups in total. The first-order valence-electron chi connectivity index (χ1n) is 6.50. The fourth-order valence-electron chi connectivity index (χ4n) is 2.01. The van der Waals surface area contributed by atoms with Crippen molar-refractivity contribution in [1.82, 2.24) is 14.9 Å². The molecule has 96 valence electrons. The number of benzene rings is 1. The normalized spacial score (nSPS) is 12.6. The minimum Gasteiger partial charge on any atom is -0.334 e. The number of hydrogen-bond acceptors (Lipinski definition) is 2. The quantitative estimate of drug-likeness (QED) is 0.874. The molecule has 0 spiro atoms. The molecule has 0 saturated heterocycles. The summed E-state index contributed by atoms with van der Waals surface area (Å²) in [5, 5.41) is 3.51. The van der Waals surface area contributed by atoms with Gasteiger partial charge in [-0.2, -0.15) is 0 Å². The van der Waals surface area contributed by atoms with E-state index in [0.717, 1.165) is 18.9 Å². The molecule has 0 fully saturated rings. The fraction of sp³-hybridized carbons (Fsp3) is 0.400. The van der Waals surface area contributed by atoms with Crippen LogP contribution >= 0.6 is 0 Å². The van der Waals surface area contributed by atoms with Crippen molar-refractivity contribution in [2.75, 3.05) is 0 Å². The molecule has 0 aliphatic rings. The van der Waals surface area contributed by atoms with Gasteiger partial charge in [0.1, 0.15) is 5.82 Å². The zero-order chi connectivity index (χ0) is 13.0. The smallest absolute Gasteiger partial charge is 0.122 e. The van der Waals surface area contributed by atoms with Crippen molar-refractivity contribution in [2.45, 2.75) is 39.9 Å². The summed E-state index contributed by atoms with van der Waals surface area (Å²) in [6.07, 6.45) is 3.88. The van der Waals surface area contributed by atoms with Crippen molar-refractivity contribution in [2.24, 2.45) is 0 Å². The third kappa shape index (κ3) is 2.99. The van der Waals surface area contributed by atoms with Gasteiger partial charge in [0, 0.05) is 25.0 Å². The summed E-state index contributed by atoms with van der Waals surface area (Å²) in [5.41, 5.74) is 2.61. The largest absolute Gasteiger partial charge is 0.334 e. The van der Waals surface area contributed by atoms with E-state index in [1.807, 2.05) is 12.4 Å². The van der Waals surface area contributed by atoms with Crippen LogP contribution in [0.25, 0.3) is 0 Å². The first-order chi connectivity index (χ1) is 8.70. The van der Waals surface area contributed by atoms with Crippen LogP contribution in [-0.4, -0.2) is 9.55 Å². The predicted molar refractivity (Wildman–Crippen MR) is 74.3 cm³/mol. The van der Waals surface area contributed by atoms with Gasteiger partial charge in [0.25, 0.3) is 0 Å². The van der Waals surface area contributed by atoms with Crippen LogP contribution in [0.3, 0.4) is 0 Å². The Hall–Kier alpha value is -1.61. The Balaban J connectivity index is 1.96. The van der Waals surface area contributed by atoms with Gasteiger partial charge in [-0.05, 0) is 26.3 Å². The van der Waals surface area contributed by atoms with Gasteiger partial charge in [-0.1, -0.05) is 29.8 Å². The molecule has 0 unspecified atom stereocenters. The molecule has 0 saturated carbocycles. The molecule has 2 aromatic rings. The standard InChI is InChI=1S/C15H21N3/c1-4-18-10-9-16-15(18)11-17-13(3)14-7-5-12(2)6-8-14/h5-10,13,17H,4,11H2,1-3H3/t13-/m1/s1. The highest BCUT2D eigenvalue weighted by atomic mass is 15.1. The maximum Gasteiger partial charge on any atom is 0.122 e. The van der Waals surface area contributed by atoms with Crippen LogP contribution in [0.5, 0.6) is 0 Å². The van der Waals surface area contributed by atoms with Gasteiger partial charge in [-0.15, -0.1) is 0 Å². The maximum absolute atomic E-state index is 4.37. The van der Waals surface area contributed by atoms with E-state index in [-0.39, 0.29) is 0 Å². The van der Waals surface area contributed by atoms with Gasteiger partial charge in [-0.25, -0.2) is 4.98 Å². The highest BCUT2D eigenvalue weighted by Crippen LogP contribution is 2.13. The van der Waals surface area contributed by atoms with E-state index in [4.69, 9.17) is 0 Å². The van der Waals surface area contributed by atoms with Crippen molar-refractivity contribution in [3.63, 3.8) is 0 Å². The Bertz CT molecular complexity index is 485. The summed E-state index contributed by atoms with van der Waals surface area (Å²) >= 11 is 0. The Morgan fingerprint density at radius 3 is 2.67 bits per heavy atom. The number of aryl methyl sites for hydroxylation is 2. The summed E-state index contributed by atoms with van der Waals surface area (Å²) in [7, 11) is 0. The van der Waals surface area contributed by atoms with Gasteiger partial charge < -0.3 is 9.88 Å². The van der Waals surface area contributed by atoms with E-state index < -0.39 is 0 Å². The van der Waals surface area contributed by atoms with Crippen LogP contribution in [0, 0.1) is 6.92 Å². The molecule has 3 heteroatoms. The number of aromatic nitrogens is 2. The Kier molecular flexibility index (Phi) is 4.15. The molecule has 1 aromatic carbocycles. The minimum absolute atomic E-state index is 0.340. The van der Waals surface area contributed by atoms with E-state index in [0.29, 0.717) is 6.04 Å². The SMILES string of the molecule is CCn1ccnc1CN[C@H](C)c1ccc(C)cc1. The third-order valence-corrected chi connectivity index (χ3v) is 3.29. The molecule has 0 bridgehead atoms. The lowest BCUT2D eigenvalue weighted by Gasteiger charge is -2.14. The van der Waals surface area contributed by atoms with Crippen LogP contribution in [0.4, 0.5) is 0 Å². The molecule has 0 aliphatic heterocycles. The summed E-state index contributed by atoms with van der Waals surface area (Å²) in [6, 6.07) is 9.01. The molecule has 3 nitrogen and oxygen atoms in total. The summed E-state index contributed by atoms with van der Waals surface area (Å²) in [4.78, 5) is 4.37. The molecule has 1 atom stereocenters. The van der Waals surface area contributed by atoms with Crippen LogP contribution in [0.15, 0.2) is 36.7 Å². The summed E-state index contributed by atoms with van der Waals surface area (Å²) in [6.45, 7) is 8.20. The van der Waals surface area contributed by atoms with Gasteiger partial charge in [-0.3, -0.25) is 0 Å². The number of rotatable bonds is 5. The average Bonchev–Trinajstić information content (AvgIpc) is 2.84. The second-order valence-electron chi connectivity index (χ2n) is 4.64. The maximum atomic E-state index is 4.37. The molecule has 18 heavy (non-hydrogen) atoms. The van der Waals surface area contributed by atoms with Crippen molar-refractivity contribution in [3.8, 4) is 0 Å². The van der Waals surface area contributed by atoms with E-state index in [1.54, 1.807) is 0 Å². The highest BCUT2D eigenvalue weighted by Gasteiger charge is 2.06. The van der Waals surface area contributed by atoms with E-state index in [2.05, 4.69) is 59.9 Å². The third-order valence-electron chi connectivity index (χ3n) is 3.29. The molecular formula is C15H21N3. The molecule has 1 heterocycles. The number of nitrogens with zero attached hydrogens (tertiary/aromatic N) is 2. The number of nitrogens with one attached hydrogen (secondary N) is 1. The van der Waals surface area contributed by atoms with Crippen molar-refractivity contribution in [1.29, 1.82) is 0 Å². The second kappa shape index (κ2) is 5.83. The molecular weight excluding hydrogens is 222 g/mol. The second-order valence-corrected chi connectivity index (χ2v) is 4.64. The summed E-state index contributed by atoms with van der Waals surface area (Å²) < 4.78 is 2.16. The Labute approximate surface area is 109 Å². The lowest BCUT2D eigenvalue weighted by Crippen LogP contribution is -2.20. The van der Waals surface area contributed by atoms with Crippen LogP contribution < -0.4 is 5.32 Å². The number of hydrogen-bond donors (Lipinski definition) is 1. The fourth-order valence-corrected chi connectivity index (χ4v) is 2.01. The predicted octanol–water partition coefficient (Wildman–Crippen LogP) is 3.06. The highest BCUT2D eigenvalue weighted by molar-refractivity contribution is 5.23. The van der Waals surface area contributed by atoms with Crippen molar-refractivity contribution < 1.29 is 0 Å². The molecule has 0 amide bonds. The van der Waals surface area contributed by atoms with Gasteiger partial charge in [0.2, 0.25) is 0 Å². The van der Waals surface area contributed by atoms with E-state index >= 15 is 0 Å². The van der Waals surface area contributed by atoms with Crippen LogP contribution in [-0.2, 0) is 13.1 Å². The van der Waals surface area contributed by atoms with Crippen molar-refractivity contribution >= 4 is 0 Å². The zero-order valence-corrected chi connectivity index (χ0v) is 11.4. The molecule has 2 rings (SSSR count). The van der Waals surface area contributed by atoms with E-state index in [9.17, 15) is 0 Å². The first kappa shape index (κ1) is 12.8. The van der Waals surface area contributed by atoms with Crippen LogP contribution in [0.1, 0.15) is 36.8 Å². The first-order valence-corrected chi connectivity index (χ1v) is 6.50. The Morgan fingerprint density at radius 2 is 2.00 bits per heavy atom. The average molecular weight is 243 g/mol. The minimum atomic E-state index is 0.340. The molecule has 1 aromatic heterocycles. The number of imidazole rings is 1. The topological polar surface area (TPSA) is 29.9 Å². The van der Waals surface area contributed by atoms with Gasteiger partial charge in [0.05, 0.1) is 6.54 Å². The van der Waals surface area contributed by atoms with Crippen molar-refractivity contribution in [3.05, 3.63) is 53.6 Å². The van der Waals surface area contributed by atoms with Crippen LogP contribution in [0.2, 0.25) is 0 Å². The lowest BCUT2D eigenvalue weighted by molar-refractivity contribution is 0.540. The van der Waals surface area contributed by atoms with E-state index in [1.165, 1.54) is 11.1 Å². The summed E-state index contributed by atoms with van der Waals surface area (Å²) in [5.74, 6) is 1.09. The monoisotopic (exact) mass is 243 g/mol. The van der Waals surface area contributed by atoms with Gasteiger partial charge >= 0.3 is 0 Å². The molecule has 0 aliphatic carbocycles. The Morgan fingerprint density at radius 1 is 1.28 bits per heavy atom. The van der Waals surface area contributed by atoms with Gasteiger partial charge in [0.15, 0.2) is 0 Å². The molecule has 0 radical (unpaired) electrons.